The summed E-state index contributed by atoms with van der Waals surface area (Å²) in [5.41, 5.74) is 9.77. The summed E-state index contributed by atoms with van der Waals surface area (Å²) in [5.74, 6) is 0. The molecule has 0 aromatic heterocycles. The predicted octanol–water partition coefficient (Wildman–Crippen LogP) is 2.36. The number of thiocarbonyl (C=S) groups is 1. The van der Waals surface area contributed by atoms with Gasteiger partial charge < -0.3 is 10.6 Å². The molecule has 107 valence electrons. The van der Waals surface area contributed by atoms with E-state index in [1.165, 1.54) is 16.8 Å². The molecule has 1 radical (unpaired) electrons. The third kappa shape index (κ3) is 2.82. The Bertz CT molecular complexity index is 530. The van der Waals surface area contributed by atoms with Crippen LogP contribution in [0.15, 0.2) is 36.2 Å². The molecule has 0 saturated carbocycles. The van der Waals surface area contributed by atoms with Gasteiger partial charge in [-0.05, 0) is 49.2 Å². The minimum Gasteiger partial charge on any atom is -0.330 e. The number of aryl methyl sites for hydroxylation is 1. The van der Waals surface area contributed by atoms with Crippen molar-refractivity contribution >= 4 is 29.7 Å². The maximum atomic E-state index is 5.67. The van der Waals surface area contributed by atoms with Crippen molar-refractivity contribution in [2.24, 2.45) is 5.73 Å². The average Bonchev–Trinajstić information content (AvgIpc) is 2.80. The van der Waals surface area contributed by atoms with Crippen LogP contribution < -0.4 is 11.1 Å². The zero-order valence-corrected chi connectivity index (χ0v) is 12.9. The average molecular weight is 309 g/mol. The second kappa shape index (κ2) is 6.57. The van der Waals surface area contributed by atoms with Crippen LogP contribution in [-0.2, 0) is 12.8 Å². The number of hydrogen-bond donors (Lipinski definition) is 1. The van der Waals surface area contributed by atoms with Gasteiger partial charge in [0, 0.05) is 24.4 Å². The molecular weight excluding hydrogens is 290 g/mol. The quantitative estimate of drug-likeness (QED) is 0.872. The molecule has 1 atom stereocenters. The molecule has 1 aliphatic heterocycles. The molecule has 3 nitrogen and oxygen atoms in total. The highest BCUT2D eigenvalue weighted by Gasteiger charge is 2.31. The first kappa shape index (κ1) is 15.3. The SMILES string of the molecule is Cl.NCCC1=C[N]C(=S)N1[C@H]1CCc2ccccc2C1. The van der Waals surface area contributed by atoms with Crippen LogP contribution in [0.2, 0.25) is 0 Å². The minimum atomic E-state index is 0. The van der Waals surface area contributed by atoms with E-state index in [9.17, 15) is 0 Å². The van der Waals surface area contributed by atoms with E-state index in [4.69, 9.17) is 18.0 Å². The van der Waals surface area contributed by atoms with Crippen molar-refractivity contribution in [3.8, 4) is 0 Å². The lowest BCUT2D eigenvalue weighted by atomic mass is 9.87. The van der Waals surface area contributed by atoms with Crippen LogP contribution in [0, 0.1) is 0 Å². The Kier molecular flexibility index (Phi) is 5.02. The second-order valence-electron chi connectivity index (χ2n) is 5.11. The summed E-state index contributed by atoms with van der Waals surface area (Å²) in [5, 5.41) is 4.99. The Hall–Kier alpha value is -1.10. The fourth-order valence-corrected chi connectivity index (χ4v) is 3.32. The van der Waals surface area contributed by atoms with Crippen LogP contribution in [-0.4, -0.2) is 22.6 Å². The van der Waals surface area contributed by atoms with Crippen LogP contribution in [0.3, 0.4) is 0 Å². The lowest BCUT2D eigenvalue weighted by molar-refractivity contribution is 0.338. The van der Waals surface area contributed by atoms with E-state index in [-0.39, 0.29) is 12.4 Å². The number of benzene rings is 1. The fourth-order valence-electron chi connectivity index (χ4n) is 3.00. The number of halogens is 1. The Balaban J connectivity index is 0.00000147. The van der Waals surface area contributed by atoms with E-state index in [0.717, 1.165) is 25.7 Å². The second-order valence-corrected chi connectivity index (χ2v) is 5.47. The number of fused-ring (bicyclic) bond motifs is 1. The highest BCUT2D eigenvalue weighted by atomic mass is 35.5. The highest BCUT2D eigenvalue weighted by molar-refractivity contribution is 7.80. The van der Waals surface area contributed by atoms with Gasteiger partial charge in [0.1, 0.15) is 0 Å². The van der Waals surface area contributed by atoms with Gasteiger partial charge in [-0.1, -0.05) is 24.3 Å². The van der Waals surface area contributed by atoms with Crippen molar-refractivity contribution in [1.29, 1.82) is 0 Å². The standard InChI is InChI=1S/C15H18N3S.ClH/c16-8-7-14-10-17-15(19)18(14)13-6-5-11-3-1-2-4-12(11)9-13;/h1-4,10,13H,5-9,16H2;1H/t13-;/m0./s1. The van der Waals surface area contributed by atoms with E-state index < -0.39 is 0 Å². The van der Waals surface area contributed by atoms with Gasteiger partial charge in [-0.3, -0.25) is 0 Å². The number of nitrogens with two attached hydrogens (primary N) is 1. The zero-order chi connectivity index (χ0) is 13.2. The lowest BCUT2D eigenvalue weighted by Gasteiger charge is -2.34. The van der Waals surface area contributed by atoms with Crippen molar-refractivity contribution in [2.45, 2.75) is 31.7 Å². The molecule has 1 aliphatic carbocycles. The molecule has 1 aromatic rings. The van der Waals surface area contributed by atoms with E-state index in [0.29, 0.717) is 17.7 Å². The van der Waals surface area contributed by atoms with Crippen molar-refractivity contribution in [1.82, 2.24) is 10.2 Å². The number of nitrogens with zero attached hydrogens (tertiary/aromatic N) is 2. The van der Waals surface area contributed by atoms with Gasteiger partial charge in [0.05, 0.1) is 0 Å². The fraction of sp³-hybridized carbons (Fsp3) is 0.400. The molecule has 0 amide bonds. The summed E-state index contributed by atoms with van der Waals surface area (Å²) in [7, 11) is 0. The molecule has 1 aromatic carbocycles. The maximum Gasteiger partial charge on any atom is 0.199 e. The summed E-state index contributed by atoms with van der Waals surface area (Å²) in [6, 6.07) is 9.13. The van der Waals surface area contributed by atoms with Crippen molar-refractivity contribution in [3.63, 3.8) is 0 Å². The Morgan fingerprint density at radius 3 is 2.80 bits per heavy atom. The van der Waals surface area contributed by atoms with Crippen LogP contribution in [0.1, 0.15) is 24.0 Å². The monoisotopic (exact) mass is 308 g/mol. The zero-order valence-electron chi connectivity index (χ0n) is 11.3. The molecule has 5 heteroatoms. The predicted molar refractivity (Wildman–Crippen MR) is 87.8 cm³/mol. The minimum absolute atomic E-state index is 0. The first-order valence-electron chi connectivity index (χ1n) is 6.79. The Morgan fingerprint density at radius 1 is 1.30 bits per heavy atom. The first-order chi connectivity index (χ1) is 9.29. The van der Waals surface area contributed by atoms with Gasteiger partial charge in [-0.2, -0.15) is 0 Å². The van der Waals surface area contributed by atoms with Gasteiger partial charge in [0.25, 0.3) is 0 Å². The number of rotatable bonds is 3. The van der Waals surface area contributed by atoms with Crippen LogP contribution in [0.4, 0.5) is 0 Å². The smallest absolute Gasteiger partial charge is 0.199 e. The summed E-state index contributed by atoms with van der Waals surface area (Å²) in [4.78, 5) is 2.22. The van der Waals surface area contributed by atoms with E-state index in [1.54, 1.807) is 0 Å². The molecule has 3 rings (SSSR count). The number of hydrogen-bond acceptors (Lipinski definition) is 2. The third-order valence-electron chi connectivity index (χ3n) is 3.93. The first-order valence-corrected chi connectivity index (χ1v) is 7.20. The van der Waals surface area contributed by atoms with E-state index in [2.05, 4.69) is 34.5 Å². The molecule has 0 bridgehead atoms. The molecule has 0 saturated heterocycles. The lowest BCUT2D eigenvalue weighted by Crippen LogP contribution is -2.41. The van der Waals surface area contributed by atoms with Gasteiger partial charge in [-0.15, -0.1) is 12.4 Å². The summed E-state index contributed by atoms with van der Waals surface area (Å²) in [6.45, 7) is 0.643. The molecule has 2 aliphatic rings. The van der Waals surface area contributed by atoms with Gasteiger partial charge in [0.15, 0.2) is 5.11 Å². The molecule has 0 fully saturated rings. The van der Waals surface area contributed by atoms with Gasteiger partial charge >= 0.3 is 0 Å². The Morgan fingerprint density at radius 2 is 2.05 bits per heavy atom. The summed E-state index contributed by atoms with van der Waals surface area (Å²) >= 11 is 5.38. The topological polar surface area (TPSA) is 43.4 Å². The van der Waals surface area contributed by atoms with Crippen LogP contribution in [0.25, 0.3) is 0 Å². The molecule has 0 unspecified atom stereocenters. The normalized spacial score (nSPS) is 20.9. The van der Waals surface area contributed by atoms with Gasteiger partial charge in [-0.25, -0.2) is 5.32 Å². The molecule has 1 heterocycles. The third-order valence-corrected chi connectivity index (χ3v) is 4.23. The highest BCUT2D eigenvalue weighted by Crippen LogP contribution is 2.29. The van der Waals surface area contributed by atoms with Crippen molar-refractivity contribution < 1.29 is 0 Å². The van der Waals surface area contributed by atoms with Crippen LogP contribution >= 0.6 is 24.6 Å². The largest absolute Gasteiger partial charge is 0.330 e. The summed E-state index contributed by atoms with van der Waals surface area (Å²) in [6.07, 6.45) is 6.04. The summed E-state index contributed by atoms with van der Waals surface area (Å²) < 4.78 is 0. The van der Waals surface area contributed by atoms with Crippen molar-refractivity contribution in [2.75, 3.05) is 6.54 Å². The molecule has 20 heavy (non-hydrogen) atoms. The van der Waals surface area contributed by atoms with E-state index >= 15 is 0 Å². The van der Waals surface area contributed by atoms with E-state index in [1.807, 2.05) is 6.20 Å². The van der Waals surface area contributed by atoms with Crippen molar-refractivity contribution in [3.05, 3.63) is 47.3 Å². The molecular formula is C15H19ClN3S. The Labute approximate surface area is 131 Å². The van der Waals surface area contributed by atoms with Gasteiger partial charge in [0.2, 0.25) is 0 Å². The maximum absolute atomic E-state index is 5.67. The van der Waals surface area contributed by atoms with Crippen LogP contribution in [0.5, 0.6) is 0 Å². The molecule has 0 spiro atoms. The molecule has 2 N–H and O–H groups in total.